The quantitative estimate of drug-likeness (QED) is 0.624. The molecule has 0 aromatic heterocycles. The van der Waals surface area contributed by atoms with Crippen molar-refractivity contribution in [1.29, 1.82) is 0 Å². The van der Waals surface area contributed by atoms with Crippen LogP contribution in [0.25, 0.3) is 0 Å². The highest BCUT2D eigenvalue weighted by atomic mass is 16.0. The second-order valence-electron chi connectivity index (χ2n) is 2.54. The fourth-order valence-corrected chi connectivity index (χ4v) is 0.612. The third kappa shape index (κ3) is 51.0. The Balaban J connectivity index is -0.0000000560. The van der Waals surface area contributed by atoms with Crippen molar-refractivity contribution in [3.63, 3.8) is 0 Å². The third-order valence-corrected chi connectivity index (χ3v) is 1.14. The summed E-state index contributed by atoms with van der Waals surface area (Å²) in [4.78, 5) is 0. The predicted octanol–water partition coefficient (Wildman–Crippen LogP) is 4.06. The summed E-state index contributed by atoms with van der Waals surface area (Å²) in [6.45, 7) is 14.8. The van der Waals surface area contributed by atoms with Crippen LogP contribution in [0, 0.1) is 5.92 Å². The van der Waals surface area contributed by atoms with E-state index in [1.54, 1.807) is 0 Å². The van der Waals surface area contributed by atoms with Crippen molar-refractivity contribution in [3.05, 3.63) is 0 Å². The topological polar surface area (TPSA) is 31.5 Å². The van der Waals surface area contributed by atoms with Gasteiger partial charge in [-0.2, -0.15) is 0 Å². The molecule has 0 aromatic rings. The lowest BCUT2D eigenvalue weighted by Crippen LogP contribution is -1.83. The van der Waals surface area contributed by atoms with E-state index >= 15 is 0 Å². The molecule has 12 heavy (non-hydrogen) atoms. The van der Waals surface area contributed by atoms with Crippen molar-refractivity contribution < 1.29 is 5.48 Å². The first-order valence-corrected chi connectivity index (χ1v) is 5.27. The Morgan fingerprint density at radius 2 is 1.25 bits per heavy atom. The van der Waals surface area contributed by atoms with E-state index in [1.807, 2.05) is 27.7 Å². The number of rotatable bonds is 3. The summed E-state index contributed by atoms with van der Waals surface area (Å²) in [5.74, 6) is 0.903. The molecule has 0 aromatic carbocycles. The standard InChI is InChI=1S/C7H16.2C2H6.H2O/c1-4-5-6-7(2)3;2*1-2;/h7H,4-6H2,1-3H3;2*1-2H3;1H2. The van der Waals surface area contributed by atoms with Crippen LogP contribution in [0.5, 0.6) is 0 Å². The lowest BCUT2D eigenvalue weighted by atomic mass is 10.1. The van der Waals surface area contributed by atoms with E-state index < -0.39 is 0 Å². The molecule has 0 unspecified atom stereocenters. The largest absolute Gasteiger partial charge is 0.412 e. The highest BCUT2D eigenvalue weighted by molar-refractivity contribution is 4.42. The van der Waals surface area contributed by atoms with E-state index in [9.17, 15) is 0 Å². The van der Waals surface area contributed by atoms with Gasteiger partial charge in [0.15, 0.2) is 0 Å². The van der Waals surface area contributed by atoms with Crippen LogP contribution in [0.4, 0.5) is 0 Å². The third-order valence-electron chi connectivity index (χ3n) is 1.14. The molecule has 0 bridgehead atoms. The summed E-state index contributed by atoms with van der Waals surface area (Å²) < 4.78 is 0. The molecule has 2 N–H and O–H groups in total. The van der Waals surface area contributed by atoms with Gasteiger partial charge in [-0.25, -0.2) is 0 Å². The lowest BCUT2D eigenvalue weighted by Gasteiger charge is -1.98. The summed E-state index contributed by atoms with van der Waals surface area (Å²) in [5, 5.41) is 0. The summed E-state index contributed by atoms with van der Waals surface area (Å²) in [6.07, 6.45) is 4.15. The molecule has 0 amide bonds. The molecule has 0 atom stereocenters. The van der Waals surface area contributed by atoms with Gasteiger partial charge in [-0.15, -0.1) is 0 Å². The molecular weight excluding hydrogens is 148 g/mol. The average molecular weight is 178 g/mol. The van der Waals surface area contributed by atoms with Crippen LogP contribution in [0.2, 0.25) is 0 Å². The van der Waals surface area contributed by atoms with Crippen LogP contribution in [-0.2, 0) is 0 Å². The van der Waals surface area contributed by atoms with Gasteiger partial charge in [-0.1, -0.05) is 67.7 Å². The molecule has 0 aliphatic carbocycles. The maximum atomic E-state index is 2.27. The molecule has 0 aliphatic rings. The molecule has 1 heteroatoms. The molecule has 0 aliphatic heterocycles. The molecule has 1 nitrogen and oxygen atoms in total. The summed E-state index contributed by atoms with van der Waals surface area (Å²) in [7, 11) is 0. The van der Waals surface area contributed by atoms with Crippen LogP contribution < -0.4 is 0 Å². The zero-order chi connectivity index (χ0) is 9.70. The van der Waals surface area contributed by atoms with Gasteiger partial charge in [0.05, 0.1) is 0 Å². The Bertz CT molecular complexity index is 34.0. The van der Waals surface area contributed by atoms with Gasteiger partial charge >= 0.3 is 0 Å². The highest BCUT2D eigenvalue weighted by Crippen LogP contribution is 2.04. The van der Waals surface area contributed by atoms with Gasteiger partial charge in [0.2, 0.25) is 0 Å². The maximum absolute atomic E-state index is 2.27. The fraction of sp³-hybridized carbons (Fsp3) is 1.00. The molecule has 0 rings (SSSR count). The minimum atomic E-state index is 0. The van der Waals surface area contributed by atoms with E-state index in [-0.39, 0.29) is 5.48 Å². The molecule has 0 saturated carbocycles. The van der Waals surface area contributed by atoms with Crippen molar-refractivity contribution in [3.8, 4) is 0 Å². The van der Waals surface area contributed by atoms with E-state index in [0.29, 0.717) is 0 Å². The van der Waals surface area contributed by atoms with Crippen LogP contribution in [0.1, 0.15) is 67.7 Å². The Labute approximate surface area is 79.9 Å². The molecule has 80 valence electrons. The first-order chi connectivity index (χ1) is 5.27. The van der Waals surface area contributed by atoms with E-state index in [1.165, 1.54) is 19.3 Å². The lowest BCUT2D eigenvalue weighted by molar-refractivity contribution is 0.550. The van der Waals surface area contributed by atoms with Gasteiger partial charge in [0.1, 0.15) is 0 Å². The highest BCUT2D eigenvalue weighted by Gasteiger charge is 1.88. The van der Waals surface area contributed by atoms with Crippen LogP contribution in [0.3, 0.4) is 0 Å². The maximum Gasteiger partial charge on any atom is -0.0471 e. The Hall–Kier alpha value is -0.0400. The minimum absolute atomic E-state index is 0. The van der Waals surface area contributed by atoms with Crippen molar-refractivity contribution >= 4 is 0 Å². The predicted molar refractivity (Wildman–Crippen MR) is 60.7 cm³/mol. The molecule has 0 saturated heterocycles. The van der Waals surface area contributed by atoms with Crippen molar-refractivity contribution in [2.45, 2.75) is 67.7 Å². The SMILES string of the molecule is CC.CC.CCCCC(C)C.O. The van der Waals surface area contributed by atoms with Gasteiger partial charge < -0.3 is 5.48 Å². The average Bonchev–Trinajstić information content (AvgIpc) is 2.08. The molecule has 0 fully saturated rings. The molecule has 0 spiro atoms. The second kappa shape index (κ2) is 30.6. The van der Waals surface area contributed by atoms with Crippen LogP contribution >= 0.6 is 0 Å². The first kappa shape index (κ1) is 22.7. The molecule has 0 heterocycles. The fourth-order valence-electron chi connectivity index (χ4n) is 0.612. The van der Waals surface area contributed by atoms with E-state index in [0.717, 1.165) is 5.92 Å². The normalized spacial score (nSPS) is 7.00. The minimum Gasteiger partial charge on any atom is -0.412 e. The molecular formula is C11H30O. The summed E-state index contributed by atoms with van der Waals surface area (Å²) in [5.41, 5.74) is 0. The number of hydrogen-bond donors (Lipinski definition) is 0. The van der Waals surface area contributed by atoms with Crippen molar-refractivity contribution in [2.75, 3.05) is 0 Å². The van der Waals surface area contributed by atoms with Crippen LogP contribution in [-0.4, -0.2) is 5.48 Å². The molecule has 0 radical (unpaired) electrons. The van der Waals surface area contributed by atoms with E-state index in [2.05, 4.69) is 20.8 Å². The smallest absolute Gasteiger partial charge is 0.0471 e. The first-order valence-electron chi connectivity index (χ1n) is 5.27. The van der Waals surface area contributed by atoms with Gasteiger partial charge in [0, 0.05) is 0 Å². The Morgan fingerprint density at radius 1 is 0.917 bits per heavy atom. The van der Waals surface area contributed by atoms with Gasteiger partial charge in [-0.05, 0) is 5.92 Å². The van der Waals surface area contributed by atoms with Gasteiger partial charge in [0.25, 0.3) is 0 Å². The van der Waals surface area contributed by atoms with Crippen molar-refractivity contribution in [1.82, 2.24) is 0 Å². The monoisotopic (exact) mass is 178 g/mol. The van der Waals surface area contributed by atoms with Crippen molar-refractivity contribution in [2.24, 2.45) is 5.92 Å². The number of unbranched alkanes of at least 4 members (excludes halogenated alkanes) is 1. The second-order valence-corrected chi connectivity index (χ2v) is 2.54. The zero-order valence-electron chi connectivity index (χ0n) is 10.2. The summed E-state index contributed by atoms with van der Waals surface area (Å²) in [6, 6.07) is 0. The van der Waals surface area contributed by atoms with Gasteiger partial charge in [-0.3, -0.25) is 0 Å². The van der Waals surface area contributed by atoms with E-state index in [4.69, 9.17) is 0 Å². The van der Waals surface area contributed by atoms with Crippen LogP contribution in [0.15, 0.2) is 0 Å². The summed E-state index contributed by atoms with van der Waals surface area (Å²) >= 11 is 0. The zero-order valence-corrected chi connectivity index (χ0v) is 10.2. The number of hydrogen-bond acceptors (Lipinski definition) is 0. The Kier molecular flexibility index (Phi) is 57.8. The Morgan fingerprint density at radius 3 is 1.33 bits per heavy atom.